The van der Waals surface area contributed by atoms with E-state index in [1.807, 2.05) is 0 Å². The van der Waals surface area contributed by atoms with Crippen LogP contribution >= 0.6 is 0 Å². The van der Waals surface area contributed by atoms with Gasteiger partial charge in [0.25, 0.3) is 0 Å². The Morgan fingerprint density at radius 3 is 1.95 bits per heavy atom. The van der Waals surface area contributed by atoms with Gasteiger partial charge >= 0.3 is 0 Å². The van der Waals surface area contributed by atoms with E-state index in [4.69, 9.17) is 0 Å². The van der Waals surface area contributed by atoms with E-state index in [0.717, 1.165) is 17.8 Å². The van der Waals surface area contributed by atoms with Crippen molar-refractivity contribution in [3.8, 4) is 0 Å². The molecular weight excluding hydrogens is 252 g/mol. The second-order valence-electron chi connectivity index (χ2n) is 7.52. The zero-order chi connectivity index (χ0) is 15.9. The molecule has 2 unspecified atom stereocenters. The minimum Gasteiger partial charge on any atom is -0.0885 e. The molecule has 0 radical (unpaired) electrons. The largest absolute Gasteiger partial charge is 0.0885 e. The first-order valence-electron chi connectivity index (χ1n) is 9.72. The minimum absolute atomic E-state index is 0.815. The average Bonchev–Trinajstić information content (AvgIpc) is 2.44. The molecule has 2 atom stereocenters. The highest BCUT2D eigenvalue weighted by Crippen LogP contribution is 2.17. The van der Waals surface area contributed by atoms with Gasteiger partial charge in [-0.15, -0.1) is 0 Å². The van der Waals surface area contributed by atoms with E-state index < -0.39 is 0 Å². The lowest BCUT2D eigenvalue weighted by atomic mass is 9.94. The molecule has 0 aliphatic carbocycles. The number of hydrogen-bond donors (Lipinski definition) is 0. The zero-order valence-electron chi connectivity index (χ0n) is 15.7. The van der Waals surface area contributed by atoms with Crippen LogP contribution in [-0.2, 0) is 0 Å². The van der Waals surface area contributed by atoms with Gasteiger partial charge in [-0.3, -0.25) is 0 Å². The SMILES string of the molecule is CCCC(C)CCCCCCCCC=CCC(C)C(C)C. The quantitative estimate of drug-likeness (QED) is 0.226. The Balaban J connectivity index is 3.24. The van der Waals surface area contributed by atoms with Gasteiger partial charge in [-0.1, -0.05) is 98.1 Å². The first kappa shape index (κ1) is 20.7. The van der Waals surface area contributed by atoms with Crippen molar-refractivity contribution in [2.45, 2.75) is 105 Å². The molecule has 0 amide bonds. The molecule has 0 aromatic carbocycles. The van der Waals surface area contributed by atoms with E-state index in [1.165, 1.54) is 70.6 Å². The summed E-state index contributed by atoms with van der Waals surface area (Å²) in [5.74, 6) is 2.60. The molecular formula is C21H42. The van der Waals surface area contributed by atoms with Crippen molar-refractivity contribution in [3.63, 3.8) is 0 Å². The maximum absolute atomic E-state index is 2.41. The summed E-state index contributed by atoms with van der Waals surface area (Å²) in [5, 5.41) is 0. The van der Waals surface area contributed by atoms with E-state index >= 15 is 0 Å². The number of allylic oxidation sites excluding steroid dienone is 2. The third-order valence-electron chi connectivity index (χ3n) is 4.91. The summed E-state index contributed by atoms with van der Waals surface area (Å²) in [7, 11) is 0. The maximum Gasteiger partial charge on any atom is -0.0322 e. The van der Waals surface area contributed by atoms with E-state index in [2.05, 4.69) is 46.8 Å². The average molecular weight is 295 g/mol. The first-order valence-corrected chi connectivity index (χ1v) is 9.72. The molecule has 0 heterocycles. The number of hydrogen-bond acceptors (Lipinski definition) is 0. The standard InChI is InChI=1S/C21H42/c1-6-16-20(4)17-14-12-10-8-7-9-11-13-15-18-21(5)19(2)3/h13,15,19-21H,6-12,14,16-18H2,1-5H3. The van der Waals surface area contributed by atoms with Crippen LogP contribution in [0.1, 0.15) is 105 Å². The zero-order valence-corrected chi connectivity index (χ0v) is 15.7. The van der Waals surface area contributed by atoms with Crippen molar-refractivity contribution in [1.29, 1.82) is 0 Å². The Labute approximate surface area is 135 Å². The molecule has 0 spiro atoms. The third-order valence-corrected chi connectivity index (χ3v) is 4.91. The fourth-order valence-electron chi connectivity index (χ4n) is 2.80. The fourth-order valence-corrected chi connectivity index (χ4v) is 2.80. The summed E-state index contributed by atoms with van der Waals surface area (Å²) in [6, 6.07) is 0. The second kappa shape index (κ2) is 14.7. The fraction of sp³-hybridized carbons (Fsp3) is 0.905. The molecule has 0 nitrogen and oxygen atoms in total. The lowest BCUT2D eigenvalue weighted by Gasteiger charge is -2.12. The van der Waals surface area contributed by atoms with Crippen LogP contribution in [0, 0.1) is 17.8 Å². The summed E-state index contributed by atoms with van der Waals surface area (Å²) in [6.45, 7) is 11.7. The van der Waals surface area contributed by atoms with Gasteiger partial charge < -0.3 is 0 Å². The summed E-state index contributed by atoms with van der Waals surface area (Å²) >= 11 is 0. The van der Waals surface area contributed by atoms with Crippen molar-refractivity contribution in [2.24, 2.45) is 17.8 Å². The van der Waals surface area contributed by atoms with E-state index in [9.17, 15) is 0 Å². The Bertz CT molecular complexity index is 226. The first-order chi connectivity index (χ1) is 10.1. The molecule has 0 aliphatic heterocycles. The van der Waals surface area contributed by atoms with E-state index in [1.54, 1.807) is 0 Å². The Morgan fingerprint density at radius 1 is 0.714 bits per heavy atom. The molecule has 126 valence electrons. The van der Waals surface area contributed by atoms with Gasteiger partial charge in [0.15, 0.2) is 0 Å². The number of rotatable bonds is 14. The van der Waals surface area contributed by atoms with Crippen molar-refractivity contribution in [3.05, 3.63) is 12.2 Å². The van der Waals surface area contributed by atoms with Crippen LogP contribution in [0.25, 0.3) is 0 Å². The molecule has 0 saturated heterocycles. The molecule has 0 N–H and O–H groups in total. The Kier molecular flexibility index (Phi) is 14.5. The lowest BCUT2D eigenvalue weighted by Crippen LogP contribution is -2.01. The van der Waals surface area contributed by atoms with Crippen LogP contribution in [0.2, 0.25) is 0 Å². The smallest absolute Gasteiger partial charge is 0.0322 e. The normalized spacial score (nSPS) is 15.0. The molecule has 21 heavy (non-hydrogen) atoms. The maximum atomic E-state index is 2.41. The van der Waals surface area contributed by atoms with Gasteiger partial charge in [0.1, 0.15) is 0 Å². The van der Waals surface area contributed by atoms with Gasteiger partial charge in [0, 0.05) is 0 Å². The minimum atomic E-state index is 0.815. The highest BCUT2D eigenvalue weighted by Gasteiger charge is 2.03. The highest BCUT2D eigenvalue weighted by molar-refractivity contribution is 4.83. The molecule has 0 fully saturated rings. The van der Waals surface area contributed by atoms with Crippen molar-refractivity contribution in [1.82, 2.24) is 0 Å². The molecule has 0 aliphatic rings. The van der Waals surface area contributed by atoms with Crippen LogP contribution in [0.3, 0.4) is 0 Å². The predicted octanol–water partition coefficient (Wildman–Crippen LogP) is 7.78. The van der Waals surface area contributed by atoms with Crippen molar-refractivity contribution < 1.29 is 0 Å². The number of unbranched alkanes of at least 4 members (excludes halogenated alkanes) is 6. The second-order valence-corrected chi connectivity index (χ2v) is 7.52. The van der Waals surface area contributed by atoms with Crippen LogP contribution in [0.5, 0.6) is 0 Å². The van der Waals surface area contributed by atoms with Crippen molar-refractivity contribution in [2.75, 3.05) is 0 Å². The third kappa shape index (κ3) is 14.4. The van der Waals surface area contributed by atoms with Crippen LogP contribution < -0.4 is 0 Å². The summed E-state index contributed by atoms with van der Waals surface area (Å²) in [5.41, 5.74) is 0. The molecule has 0 aromatic heterocycles. The van der Waals surface area contributed by atoms with E-state index in [0.29, 0.717) is 0 Å². The molecule has 0 bridgehead atoms. The van der Waals surface area contributed by atoms with Gasteiger partial charge in [-0.05, 0) is 37.0 Å². The topological polar surface area (TPSA) is 0 Å². The van der Waals surface area contributed by atoms with E-state index in [-0.39, 0.29) is 0 Å². The van der Waals surface area contributed by atoms with Gasteiger partial charge in [-0.25, -0.2) is 0 Å². The van der Waals surface area contributed by atoms with Crippen LogP contribution in [0.4, 0.5) is 0 Å². The molecule has 0 heteroatoms. The Morgan fingerprint density at radius 2 is 1.33 bits per heavy atom. The summed E-state index contributed by atoms with van der Waals surface area (Å²) in [6.07, 6.45) is 20.2. The predicted molar refractivity (Wildman–Crippen MR) is 98.8 cm³/mol. The molecule has 0 aromatic rings. The van der Waals surface area contributed by atoms with Gasteiger partial charge in [-0.2, -0.15) is 0 Å². The summed E-state index contributed by atoms with van der Waals surface area (Å²) in [4.78, 5) is 0. The van der Waals surface area contributed by atoms with Gasteiger partial charge in [0.05, 0.1) is 0 Å². The lowest BCUT2D eigenvalue weighted by molar-refractivity contribution is 0.423. The molecule has 0 saturated carbocycles. The van der Waals surface area contributed by atoms with Crippen LogP contribution in [0.15, 0.2) is 12.2 Å². The molecule has 0 rings (SSSR count). The Hall–Kier alpha value is -0.260. The van der Waals surface area contributed by atoms with Crippen molar-refractivity contribution >= 4 is 0 Å². The van der Waals surface area contributed by atoms with Gasteiger partial charge in [0.2, 0.25) is 0 Å². The summed E-state index contributed by atoms with van der Waals surface area (Å²) < 4.78 is 0. The van der Waals surface area contributed by atoms with Crippen LogP contribution in [-0.4, -0.2) is 0 Å². The highest BCUT2D eigenvalue weighted by atomic mass is 14.1. The monoisotopic (exact) mass is 294 g/mol.